The Morgan fingerprint density at radius 1 is 0.308 bits per heavy atom. The van der Waals surface area contributed by atoms with Gasteiger partial charge in [0.05, 0.1) is 0 Å². The molecule has 3 aromatic heterocycles. The lowest BCUT2D eigenvalue weighted by atomic mass is 9.96. The molecule has 0 radical (unpaired) electrons. The lowest BCUT2D eigenvalue weighted by molar-refractivity contribution is 0.668. The Hall–Kier alpha value is -7.11. The highest BCUT2D eigenvalue weighted by atomic mass is 16.3. The molecule has 3 heterocycles. The average Bonchev–Trinajstić information content (AvgIpc) is 3.78. The number of rotatable bonds is 4. The fraction of sp³-hybridized carbons (Fsp3) is 0. The number of aromatic nitrogens is 3. The number of hydrogen-bond acceptors (Lipinski definition) is 5. The van der Waals surface area contributed by atoms with Crippen molar-refractivity contribution in [1.82, 2.24) is 15.0 Å². The largest absolute Gasteiger partial charge is 0.456 e. The summed E-state index contributed by atoms with van der Waals surface area (Å²) < 4.78 is 12.4. The van der Waals surface area contributed by atoms with Gasteiger partial charge in [0.25, 0.3) is 0 Å². The lowest BCUT2D eigenvalue weighted by Crippen LogP contribution is -2.00. The minimum atomic E-state index is 0.589. The summed E-state index contributed by atoms with van der Waals surface area (Å²) in [6.07, 6.45) is 0. The first-order chi connectivity index (χ1) is 25.7. The first kappa shape index (κ1) is 28.7. The van der Waals surface area contributed by atoms with Gasteiger partial charge < -0.3 is 8.83 Å². The van der Waals surface area contributed by atoms with Crippen LogP contribution in [0.4, 0.5) is 0 Å². The molecule has 0 unspecified atom stereocenters. The molecule has 0 bridgehead atoms. The van der Waals surface area contributed by atoms with Gasteiger partial charge in [-0.1, -0.05) is 115 Å². The summed E-state index contributed by atoms with van der Waals surface area (Å²) in [6.45, 7) is 0. The molecule has 0 atom stereocenters. The van der Waals surface area contributed by atoms with Crippen LogP contribution in [-0.4, -0.2) is 15.0 Å². The molecule has 52 heavy (non-hydrogen) atoms. The molecule has 0 saturated heterocycles. The Bertz CT molecular complexity index is 3210. The standard InChI is InChI=1S/C47H27N3O2/c1-2-9-29-25-33(20-16-28(29)8-1)45-48-46(50-47(49-45)35-22-23-38-37-10-3-5-13-40(37)52-43(38)27-35)34-21-18-30-24-32(19-17-31(30)26-34)36-12-7-15-42-44(36)39-11-4-6-14-41(39)51-42/h1-27H. The number of benzene rings is 8. The molecule has 11 aromatic rings. The van der Waals surface area contributed by atoms with E-state index in [0.717, 1.165) is 87.9 Å². The van der Waals surface area contributed by atoms with Crippen LogP contribution in [0.3, 0.4) is 0 Å². The summed E-state index contributed by atoms with van der Waals surface area (Å²) in [7, 11) is 0. The molecule has 0 amide bonds. The van der Waals surface area contributed by atoms with Gasteiger partial charge in [0, 0.05) is 38.2 Å². The molecule has 0 N–H and O–H groups in total. The van der Waals surface area contributed by atoms with Crippen LogP contribution in [0, 0.1) is 0 Å². The lowest BCUT2D eigenvalue weighted by Gasteiger charge is -2.10. The molecule has 0 aliphatic rings. The zero-order chi connectivity index (χ0) is 34.2. The van der Waals surface area contributed by atoms with Crippen molar-refractivity contribution in [2.75, 3.05) is 0 Å². The minimum absolute atomic E-state index is 0.589. The number of furan rings is 2. The van der Waals surface area contributed by atoms with Crippen molar-refractivity contribution >= 4 is 65.4 Å². The van der Waals surface area contributed by atoms with E-state index < -0.39 is 0 Å². The molecule has 0 saturated carbocycles. The fourth-order valence-electron chi connectivity index (χ4n) is 7.52. The van der Waals surface area contributed by atoms with Crippen molar-refractivity contribution in [2.24, 2.45) is 0 Å². The summed E-state index contributed by atoms with van der Waals surface area (Å²) in [5.41, 5.74) is 8.44. The maximum Gasteiger partial charge on any atom is 0.164 e. The predicted octanol–water partition coefficient (Wildman–Crippen LogP) is 12.6. The Balaban J connectivity index is 1.05. The van der Waals surface area contributed by atoms with Crippen molar-refractivity contribution < 1.29 is 8.83 Å². The maximum absolute atomic E-state index is 6.25. The molecule has 0 spiro atoms. The third-order valence-corrected chi connectivity index (χ3v) is 10.1. The Labute approximate surface area is 297 Å². The van der Waals surface area contributed by atoms with Crippen molar-refractivity contribution in [3.05, 3.63) is 164 Å². The molecule has 242 valence electrons. The summed E-state index contributed by atoms with van der Waals surface area (Å²) in [4.78, 5) is 15.2. The van der Waals surface area contributed by atoms with E-state index in [4.69, 9.17) is 23.8 Å². The van der Waals surface area contributed by atoms with Crippen LogP contribution < -0.4 is 0 Å². The number of fused-ring (bicyclic) bond motifs is 8. The van der Waals surface area contributed by atoms with E-state index >= 15 is 0 Å². The highest BCUT2D eigenvalue weighted by Crippen LogP contribution is 2.38. The second kappa shape index (κ2) is 11.2. The summed E-state index contributed by atoms with van der Waals surface area (Å²) in [6, 6.07) is 56.5. The summed E-state index contributed by atoms with van der Waals surface area (Å²) >= 11 is 0. The first-order valence-corrected chi connectivity index (χ1v) is 17.3. The molecule has 11 rings (SSSR count). The average molecular weight is 666 g/mol. The van der Waals surface area contributed by atoms with Gasteiger partial charge in [0.1, 0.15) is 22.3 Å². The smallest absolute Gasteiger partial charge is 0.164 e. The van der Waals surface area contributed by atoms with E-state index in [9.17, 15) is 0 Å². The van der Waals surface area contributed by atoms with Gasteiger partial charge in [-0.05, 0) is 81.2 Å². The summed E-state index contributed by atoms with van der Waals surface area (Å²) in [5.74, 6) is 1.82. The Kier molecular flexibility index (Phi) is 6.18. The molecule has 0 fully saturated rings. The maximum atomic E-state index is 6.25. The molecular weight excluding hydrogens is 639 g/mol. The third kappa shape index (κ3) is 4.60. The quantitative estimate of drug-likeness (QED) is 0.187. The van der Waals surface area contributed by atoms with Gasteiger partial charge in [-0.2, -0.15) is 0 Å². The van der Waals surface area contributed by atoms with Crippen LogP contribution in [0.15, 0.2) is 173 Å². The Morgan fingerprint density at radius 3 is 1.54 bits per heavy atom. The van der Waals surface area contributed by atoms with Gasteiger partial charge in [0.2, 0.25) is 0 Å². The number of nitrogens with zero attached hydrogens (tertiary/aromatic N) is 3. The van der Waals surface area contributed by atoms with Gasteiger partial charge in [0.15, 0.2) is 17.5 Å². The molecular formula is C47H27N3O2. The van der Waals surface area contributed by atoms with Crippen molar-refractivity contribution in [3.63, 3.8) is 0 Å². The van der Waals surface area contributed by atoms with Crippen molar-refractivity contribution in [2.45, 2.75) is 0 Å². The van der Waals surface area contributed by atoms with E-state index in [1.54, 1.807) is 0 Å². The monoisotopic (exact) mass is 665 g/mol. The first-order valence-electron chi connectivity index (χ1n) is 17.3. The van der Waals surface area contributed by atoms with E-state index in [1.165, 1.54) is 5.39 Å². The van der Waals surface area contributed by atoms with Gasteiger partial charge in [-0.3, -0.25) is 0 Å². The van der Waals surface area contributed by atoms with E-state index in [2.05, 4.69) is 121 Å². The Morgan fingerprint density at radius 2 is 0.788 bits per heavy atom. The predicted molar refractivity (Wildman–Crippen MR) is 211 cm³/mol. The third-order valence-electron chi connectivity index (χ3n) is 10.1. The topological polar surface area (TPSA) is 65.0 Å². The highest BCUT2D eigenvalue weighted by molar-refractivity contribution is 6.13. The van der Waals surface area contributed by atoms with Crippen molar-refractivity contribution in [3.8, 4) is 45.3 Å². The number of para-hydroxylation sites is 2. The van der Waals surface area contributed by atoms with Crippen LogP contribution in [0.5, 0.6) is 0 Å². The van der Waals surface area contributed by atoms with Crippen LogP contribution in [-0.2, 0) is 0 Å². The van der Waals surface area contributed by atoms with E-state index in [0.29, 0.717) is 17.5 Å². The molecule has 5 heteroatoms. The van der Waals surface area contributed by atoms with Crippen LogP contribution in [0.2, 0.25) is 0 Å². The second-order valence-electron chi connectivity index (χ2n) is 13.2. The SMILES string of the molecule is c1ccc2cc(-c3nc(-c4ccc5cc(-c6cccc7oc8ccccc8c67)ccc5c4)nc(-c4ccc5c(c4)oc4ccccc45)n3)ccc2c1. The fourth-order valence-corrected chi connectivity index (χ4v) is 7.52. The molecule has 0 aliphatic heterocycles. The number of hydrogen-bond donors (Lipinski definition) is 0. The van der Waals surface area contributed by atoms with Crippen LogP contribution in [0.25, 0.3) is 111 Å². The zero-order valence-electron chi connectivity index (χ0n) is 27.7. The van der Waals surface area contributed by atoms with Crippen molar-refractivity contribution in [1.29, 1.82) is 0 Å². The van der Waals surface area contributed by atoms with Gasteiger partial charge in [-0.25, -0.2) is 15.0 Å². The van der Waals surface area contributed by atoms with Gasteiger partial charge >= 0.3 is 0 Å². The minimum Gasteiger partial charge on any atom is -0.456 e. The zero-order valence-corrected chi connectivity index (χ0v) is 27.7. The molecule has 0 aliphatic carbocycles. The van der Waals surface area contributed by atoms with Crippen LogP contribution in [0.1, 0.15) is 0 Å². The highest BCUT2D eigenvalue weighted by Gasteiger charge is 2.17. The van der Waals surface area contributed by atoms with E-state index in [-0.39, 0.29) is 0 Å². The van der Waals surface area contributed by atoms with Crippen LogP contribution >= 0.6 is 0 Å². The summed E-state index contributed by atoms with van der Waals surface area (Å²) in [5, 5.41) is 8.94. The molecule has 5 nitrogen and oxygen atoms in total. The molecule has 8 aromatic carbocycles. The van der Waals surface area contributed by atoms with E-state index in [1.807, 2.05) is 42.5 Å². The van der Waals surface area contributed by atoms with Gasteiger partial charge in [-0.15, -0.1) is 0 Å². The second-order valence-corrected chi connectivity index (χ2v) is 13.2. The normalized spacial score (nSPS) is 11.8.